The smallest absolute Gasteiger partial charge is 0.199 e. The van der Waals surface area contributed by atoms with Crippen molar-refractivity contribution >= 4 is 5.78 Å². The topological polar surface area (TPSA) is 17.1 Å². The number of rotatable bonds is 2. The molecule has 0 aromatic heterocycles. The molecule has 0 heterocycles. The van der Waals surface area contributed by atoms with Gasteiger partial charge in [0.05, 0.1) is 11.1 Å². The Morgan fingerprint density at radius 2 is 0.864 bits per heavy atom. The summed E-state index contributed by atoms with van der Waals surface area (Å²) in [6.45, 7) is 0. The Bertz CT molecular complexity index is 734. The molecule has 2 aromatic rings. The Morgan fingerprint density at radius 1 is 0.545 bits per heavy atom. The minimum atomic E-state index is -2.37. The van der Waals surface area contributed by atoms with Crippen molar-refractivity contribution in [2.75, 3.05) is 0 Å². The van der Waals surface area contributed by atoms with Crippen molar-refractivity contribution in [3.05, 3.63) is 69.8 Å². The van der Waals surface area contributed by atoms with Crippen LogP contribution in [0.5, 0.6) is 0 Å². The van der Waals surface area contributed by atoms with Gasteiger partial charge in [-0.25, -0.2) is 35.1 Å². The Kier molecular flexibility index (Phi) is 3.90. The summed E-state index contributed by atoms with van der Waals surface area (Å²) in [5.74, 6) is -19.4. The lowest BCUT2D eigenvalue weighted by Crippen LogP contribution is -2.13. The monoisotopic (exact) mass is 326 g/mol. The van der Waals surface area contributed by atoms with E-state index in [1.54, 1.807) is 0 Å². The van der Waals surface area contributed by atoms with Crippen molar-refractivity contribution in [2.24, 2.45) is 0 Å². The van der Waals surface area contributed by atoms with Gasteiger partial charge in [-0.3, -0.25) is 4.79 Å². The van der Waals surface area contributed by atoms with Gasteiger partial charge in [-0.15, -0.1) is 0 Å². The molecule has 0 spiro atoms. The number of hydrogen-bond donors (Lipinski definition) is 0. The summed E-state index contributed by atoms with van der Waals surface area (Å²) in [4.78, 5) is 11.7. The molecule has 116 valence electrons. The lowest BCUT2D eigenvalue weighted by atomic mass is 10.0. The van der Waals surface area contributed by atoms with Crippen LogP contribution in [0, 0.1) is 46.5 Å². The highest BCUT2D eigenvalue weighted by molar-refractivity contribution is 6.09. The largest absolute Gasteiger partial charge is 0.288 e. The summed E-state index contributed by atoms with van der Waals surface area (Å²) < 4.78 is 104. The third-order valence-corrected chi connectivity index (χ3v) is 2.69. The van der Waals surface area contributed by atoms with E-state index in [1.165, 1.54) is 0 Å². The maximum absolute atomic E-state index is 13.4. The standard InChI is InChI=1S/C13H2F8O/c14-5-1-3(7(16)11(20)9(5)18)13(22)4-2-6(15)10(19)12(21)8(4)17/h1-2H. The first-order valence-electron chi connectivity index (χ1n) is 5.37. The quantitative estimate of drug-likeness (QED) is 0.352. The van der Waals surface area contributed by atoms with Gasteiger partial charge in [0, 0.05) is 0 Å². The van der Waals surface area contributed by atoms with Crippen LogP contribution >= 0.6 is 0 Å². The molecule has 0 unspecified atom stereocenters. The highest BCUT2D eigenvalue weighted by Gasteiger charge is 2.28. The summed E-state index contributed by atoms with van der Waals surface area (Å²) in [6.07, 6.45) is 0. The molecule has 2 aromatic carbocycles. The number of benzene rings is 2. The number of hydrogen-bond acceptors (Lipinski definition) is 1. The summed E-state index contributed by atoms with van der Waals surface area (Å²) >= 11 is 0. The number of halogens is 8. The van der Waals surface area contributed by atoms with Gasteiger partial charge in [-0.1, -0.05) is 0 Å². The molecule has 0 bridgehead atoms. The van der Waals surface area contributed by atoms with E-state index in [2.05, 4.69) is 0 Å². The molecule has 1 nitrogen and oxygen atoms in total. The van der Waals surface area contributed by atoms with Crippen LogP contribution in [0.25, 0.3) is 0 Å². The fraction of sp³-hybridized carbons (Fsp3) is 0. The van der Waals surface area contributed by atoms with Crippen LogP contribution in [0.2, 0.25) is 0 Å². The zero-order chi connectivity index (χ0) is 16.8. The number of ketones is 1. The molecule has 0 amide bonds. The fourth-order valence-corrected chi connectivity index (χ4v) is 1.62. The minimum Gasteiger partial charge on any atom is -0.288 e. The molecule has 22 heavy (non-hydrogen) atoms. The third kappa shape index (κ3) is 2.32. The summed E-state index contributed by atoms with van der Waals surface area (Å²) in [5.41, 5.74) is -3.03. The van der Waals surface area contributed by atoms with E-state index in [4.69, 9.17) is 0 Å². The Hall–Kier alpha value is -2.45. The van der Waals surface area contributed by atoms with Gasteiger partial charge in [0.2, 0.25) is 0 Å². The van der Waals surface area contributed by atoms with Crippen LogP contribution in [0.15, 0.2) is 12.1 Å². The zero-order valence-corrected chi connectivity index (χ0v) is 10.1. The first kappa shape index (κ1) is 15.9. The molecular formula is C13H2F8O. The maximum Gasteiger partial charge on any atom is 0.199 e. The van der Waals surface area contributed by atoms with Gasteiger partial charge < -0.3 is 0 Å². The van der Waals surface area contributed by atoms with Crippen molar-refractivity contribution in [1.82, 2.24) is 0 Å². The summed E-state index contributed by atoms with van der Waals surface area (Å²) in [5, 5.41) is 0. The molecule has 0 saturated carbocycles. The van der Waals surface area contributed by atoms with E-state index in [9.17, 15) is 39.9 Å². The van der Waals surface area contributed by atoms with Gasteiger partial charge in [0.25, 0.3) is 0 Å². The van der Waals surface area contributed by atoms with E-state index in [0.29, 0.717) is 0 Å². The average molecular weight is 326 g/mol. The van der Waals surface area contributed by atoms with Crippen LogP contribution in [0.3, 0.4) is 0 Å². The minimum absolute atomic E-state index is 0.116. The van der Waals surface area contributed by atoms with E-state index >= 15 is 0 Å². The molecule has 0 aliphatic carbocycles. The van der Waals surface area contributed by atoms with Crippen LogP contribution in [0.4, 0.5) is 35.1 Å². The van der Waals surface area contributed by atoms with Gasteiger partial charge in [-0.2, -0.15) is 0 Å². The van der Waals surface area contributed by atoms with E-state index < -0.39 is 63.4 Å². The highest BCUT2D eigenvalue weighted by atomic mass is 19.2. The van der Waals surface area contributed by atoms with Crippen LogP contribution in [-0.2, 0) is 0 Å². The molecule has 9 heteroatoms. The van der Waals surface area contributed by atoms with Crippen molar-refractivity contribution in [1.29, 1.82) is 0 Å². The van der Waals surface area contributed by atoms with E-state index in [0.717, 1.165) is 0 Å². The van der Waals surface area contributed by atoms with Gasteiger partial charge in [-0.05, 0) is 12.1 Å². The summed E-state index contributed by atoms with van der Waals surface area (Å²) in [7, 11) is 0. The molecule has 0 N–H and O–H groups in total. The fourth-order valence-electron chi connectivity index (χ4n) is 1.62. The zero-order valence-electron chi connectivity index (χ0n) is 10.1. The molecule has 0 aliphatic rings. The predicted octanol–water partition coefficient (Wildman–Crippen LogP) is 4.03. The predicted molar refractivity (Wildman–Crippen MR) is 56.0 cm³/mol. The molecule has 0 radical (unpaired) electrons. The summed E-state index contributed by atoms with van der Waals surface area (Å²) in [6, 6.07) is -0.233. The molecule has 0 saturated heterocycles. The molecule has 0 fully saturated rings. The highest BCUT2D eigenvalue weighted by Crippen LogP contribution is 2.25. The van der Waals surface area contributed by atoms with Crippen LogP contribution in [0.1, 0.15) is 15.9 Å². The number of carbonyl (C=O) groups is 1. The van der Waals surface area contributed by atoms with Crippen molar-refractivity contribution in [3.8, 4) is 0 Å². The van der Waals surface area contributed by atoms with Gasteiger partial charge in [0.1, 0.15) is 0 Å². The second kappa shape index (κ2) is 5.39. The van der Waals surface area contributed by atoms with Gasteiger partial charge in [0.15, 0.2) is 52.3 Å². The van der Waals surface area contributed by atoms with Crippen LogP contribution in [-0.4, -0.2) is 5.78 Å². The van der Waals surface area contributed by atoms with E-state index in [-0.39, 0.29) is 12.1 Å². The molecule has 2 rings (SSSR count). The molecular weight excluding hydrogens is 324 g/mol. The Labute approximate surface area is 116 Å². The van der Waals surface area contributed by atoms with Crippen molar-refractivity contribution in [2.45, 2.75) is 0 Å². The van der Waals surface area contributed by atoms with Crippen LogP contribution < -0.4 is 0 Å². The van der Waals surface area contributed by atoms with Crippen molar-refractivity contribution < 1.29 is 39.9 Å². The first-order valence-corrected chi connectivity index (χ1v) is 5.37. The lowest BCUT2D eigenvalue weighted by Gasteiger charge is -2.07. The lowest BCUT2D eigenvalue weighted by molar-refractivity contribution is 0.102. The third-order valence-electron chi connectivity index (χ3n) is 2.69. The van der Waals surface area contributed by atoms with Crippen molar-refractivity contribution in [3.63, 3.8) is 0 Å². The second-order valence-electron chi connectivity index (χ2n) is 4.02. The molecule has 0 aliphatic heterocycles. The van der Waals surface area contributed by atoms with Gasteiger partial charge >= 0.3 is 0 Å². The Balaban J connectivity index is 2.69. The average Bonchev–Trinajstić information content (AvgIpc) is 2.49. The first-order chi connectivity index (χ1) is 10.2. The molecule has 0 atom stereocenters. The second-order valence-corrected chi connectivity index (χ2v) is 4.02. The van der Waals surface area contributed by atoms with E-state index in [1.807, 2.05) is 0 Å². The maximum atomic E-state index is 13.4. The Morgan fingerprint density at radius 3 is 1.18 bits per heavy atom. The normalized spacial score (nSPS) is 10.9. The SMILES string of the molecule is O=C(c1cc(F)c(F)c(F)c1F)c1cc(F)c(F)c(F)c1F. The number of carbonyl (C=O) groups excluding carboxylic acids is 1.